The van der Waals surface area contributed by atoms with Gasteiger partial charge in [-0.1, -0.05) is 36.2 Å². The Labute approximate surface area is 129 Å². The number of aliphatic hydroxyl groups is 2. The minimum Gasteiger partial charge on any atom is -0.488 e. The maximum Gasteiger partial charge on any atom is 0.156 e. The molecule has 20 heavy (non-hydrogen) atoms. The molecule has 0 aliphatic carbocycles. The van der Waals surface area contributed by atoms with Crippen molar-refractivity contribution >= 4 is 23.2 Å². The lowest BCUT2D eigenvalue weighted by molar-refractivity contribution is 0.102. The van der Waals surface area contributed by atoms with Crippen LogP contribution in [-0.2, 0) is 0 Å². The van der Waals surface area contributed by atoms with Crippen molar-refractivity contribution in [2.24, 2.45) is 0 Å². The Morgan fingerprint density at radius 3 is 2.50 bits per heavy atom. The summed E-state index contributed by atoms with van der Waals surface area (Å²) in [5, 5.41) is 22.8. The number of aliphatic hydroxyl groups excluding tert-OH is 2. The highest BCUT2D eigenvalue weighted by Gasteiger charge is 2.12. The van der Waals surface area contributed by atoms with Crippen molar-refractivity contribution in [1.82, 2.24) is 5.32 Å². The molecule has 0 aliphatic heterocycles. The van der Waals surface area contributed by atoms with Gasteiger partial charge in [0.05, 0.1) is 10.0 Å². The summed E-state index contributed by atoms with van der Waals surface area (Å²) in [4.78, 5) is 0. The molecular weight excluding hydrogens is 301 g/mol. The van der Waals surface area contributed by atoms with E-state index in [0.717, 1.165) is 6.42 Å². The molecular formula is C14H21Cl2NO3. The summed E-state index contributed by atoms with van der Waals surface area (Å²) >= 11 is 11.9. The Bertz CT molecular complexity index is 384. The molecule has 0 saturated heterocycles. The second-order valence-corrected chi connectivity index (χ2v) is 5.36. The maximum absolute atomic E-state index is 9.87. The van der Waals surface area contributed by atoms with E-state index in [4.69, 9.17) is 33.0 Å². The Hall–Kier alpha value is -0.520. The van der Waals surface area contributed by atoms with Gasteiger partial charge in [0.2, 0.25) is 0 Å². The summed E-state index contributed by atoms with van der Waals surface area (Å²) < 4.78 is 5.45. The first-order valence-electron chi connectivity index (χ1n) is 6.67. The summed E-state index contributed by atoms with van der Waals surface area (Å²) in [5.41, 5.74) is 0. The largest absolute Gasteiger partial charge is 0.488 e. The lowest BCUT2D eigenvalue weighted by Gasteiger charge is -2.19. The molecule has 1 rings (SSSR count). The van der Waals surface area contributed by atoms with E-state index in [0.29, 0.717) is 28.8 Å². The molecule has 0 aliphatic rings. The molecule has 0 saturated carbocycles. The van der Waals surface area contributed by atoms with Gasteiger partial charge < -0.3 is 20.3 Å². The minimum atomic E-state index is -0.671. The zero-order chi connectivity index (χ0) is 15.0. The number of hydrogen-bond donors (Lipinski definition) is 3. The van der Waals surface area contributed by atoms with Crippen LogP contribution < -0.4 is 10.1 Å². The summed E-state index contributed by atoms with van der Waals surface area (Å²) in [5.74, 6) is 0.386. The summed E-state index contributed by atoms with van der Waals surface area (Å²) in [6, 6.07) is 5.29. The van der Waals surface area contributed by atoms with Crippen molar-refractivity contribution in [2.75, 3.05) is 19.8 Å². The van der Waals surface area contributed by atoms with E-state index in [1.54, 1.807) is 18.2 Å². The van der Waals surface area contributed by atoms with Crippen molar-refractivity contribution in [1.29, 1.82) is 0 Å². The molecule has 0 radical (unpaired) electrons. The van der Waals surface area contributed by atoms with Crippen LogP contribution in [0.3, 0.4) is 0 Å². The van der Waals surface area contributed by atoms with Gasteiger partial charge in [-0.05, 0) is 25.0 Å². The average molecular weight is 322 g/mol. The van der Waals surface area contributed by atoms with E-state index in [1.807, 2.05) is 6.92 Å². The Kier molecular flexibility index (Phi) is 8.26. The van der Waals surface area contributed by atoms with Gasteiger partial charge in [0.1, 0.15) is 12.7 Å². The van der Waals surface area contributed by atoms with Gasteiger partial charge in [-0.25, -0.2) is 0 Å². The SMILES string of the molecule is CCC(CCO)NCC(O)COc1c(Cl)cccc1Cl. The summed E-state index contributed by atoms with van der Waals surface area (Å²) in [6.45, 7) is 2.65. The minimum absolute atomic E-state index is 0.103. The van der Waals surface area contributed by atoms with Crippen LogP contribution in [0.1, 0.15) is 19.8 Å². The number of rotatable bonds is 9. The number of para-hydroxylation sites is 1. The number of halogens is 2. The van der Waals surface area contributed by atoms with Crippen LogP contribution in [0.5, 0.6) is 5.75 Å². The summed E-state index contributed by atoms with van der Waals surface area (Å²) in [7, 11) is 0. The molecule has 0 aromatic heterocycles. The van der Waals surface area contributed by atoms with Crippen LogP contribution in [-0.4, -0.2) is 42.1 Å². The zero-order valence-electron chi connectivity index (χ0n) is 11.5. The second kappa shape index (κ2) is 9.42. The molecule has 1 aromatic rings. The van der Waals surface area contributed by atoms with E-state index < -0.39 is 6.10 Å². The Morgan fingerprint density at radius 1 is 1.30 bits per heavy atom. The van der Waals surface area contributed by atoms with E-state index >= 15 is 0 Å². The lowest BCUT2D eigenvalue weighted by Crippen LogP contribution is -2.38. The molecule has 0 fully saturated rings. The Balaban J connectivity index is 2.38. The van der Waals surface area contributed by atoms with Gasteiger partial charge >= 0.3 is 0 Å². The number of hydrogen-bond acceptors (Lipinski definition) is 4. The van der Waals surface area contributed by atoms with Crippen molar-refractivity contribution in [3.63, 3.8) is 0 Å². The fourth-order valence-corrected chi connectivity index (χ4v) is 2.27. The molecule has 1 aromatic carbocycles. The van der Waals surface area contributed by atoms with Crippen LogP contribution in [0, 0.1) is 0 Å². The van der Waals surface area contributed by atoms with Gasteiger partial charge in [0.15, 0.2) is 5.75 Å². The van der Waals surface area contributed by atoms with Crippen molar-refractivity contribution in [2.45, 2.75) is 31.9 Å². The highest BCUT2D eigenvalue weighted by Crippen LogP contribution is 2.32. The zero-order valence-corrected chi connectivity index (χ0v) is 13.0. The predicted molar refractivity (Wildman–Crippen MR) is 81.7 cm³/mol. The first-order valence-corrected chi connectivity index (χ1v) is 7.43. The fraction of sp³-hybridized carbons (Fsp3) is 0.571. The van der Waals surface area contributed by atoms with E-state index in [-0.39, 0.29) is 19.3 Å². The molecule has 6 heteroatoms. The molecule has 0 spiro atoms. The first kappa shape index (κ1) is 17.5. The molecule has 114 valence electrons. The molecule has 3 N–H and O–H groups in total. The third-order valence-electron chi connectivity index (χ3n) is 2.95. The van der Waals surface area contributed by atoms with Crippen molar-refractivity contribution in [3.8, 4) is 5.75 Å². The van der Waals surface area contributed by atoms with Gasteiger partial charge in [-0.15, -0.1) is 0 Å². The van der Waals surface area contributed by atoms with Crippen LogP contribution >= 0.6 is 23.2 Å². The summed E-state index contributed by atoms with van der Waals surface area (Å²) in [6.07, 6.45) is 0.889. The number of nitrogens with one attached hydrogen (secondary N) is 1. The van der Waals surface area contributed by atoms with Crippen LogP contribution in [0.2, 0.25) is 10.0 Å². The highest BCUT2D eigenvalue weighted by atomic mass is 35.5. The topological polar surface area (TPSA) is 61.7 Å². The Morgan fingerprint density at radius 2 is 1.95 bits per heavy atom. The van der Waals surface area contributed by atoms with Crippen LogP contribution in [0.15, 0.2) is 18.2 Å². The quantitative estimate of drug-likeness (QED) is 0.654. The predicted octanol–water partition coefficient (Wildman–Crippen LogP) is 2.48. The maximum atomic E-state index is 9.87. The van der Waals surface area contributed by atoms with Gasteiger partial charge in [0.25, 0.3) is 0 Å². The van der Waals surface area contributed by atoms with E-state index in [2.05, 4.69) is 5.32 Å². The third kappa shape index (κ3) is 5.85. The molecule has 2 unspecified atom stereocenters. The number of ether oxygens (including phenoxy) is 1. The molecule has 2 atom stereocenters. The lowest BCUT2D eigenvalue weighted by atomic mass is 10.1. The standard InChI is InChI=1S/C14H21Cl2NO3/c1-2-10(6-7-18)17-8-11(19)9-20-14-12(15)4-3-5-13(14)16/h3-5,10-11,17-19H,2,6-9H2,1H3. The molecule has 0 heterocycles. The van der Waals surface area contributed by atoms with Crippen molar-refractivity contribution in [3.05, 3.63) is 28.2 Å². The van der Waals surface area contributed by atoms with E-state index in [1.165, 1.54) is 0 Å². The highest BCUT2D eigenvalue weighted by molar-refractivity contribution is 6.37. The van der Waals surface area contributed by atoms with Gasteiger partial charge in [-0.2, -0.15) is 0 Å². The third-order valence-corrected chi connectivity index (χ3v) is 3.55. The normalized spacial score (nSPS) is 14.1. The van der Waals surface area contributed by atoms with Gasteiger partial charge in [-0.3, -0.25) is 0 Å². The fourth-order valence-electron chi connectivity index (χ4n) is 1.77. The van der Waals surface area contributed by atoms with Gasteiger partial charge in [0, 0.05) is 19.2 Å². The molecule has 0 amide bonds. The smallest absolute Gasteiger partial charge is 0.156 e. The first-order chi connectivity index (χ1) is 9.58. The van der Waals surface area contributed by atoms with Crippen molar-refractivity contribution < 1.29 is 14.9 Å². The molecule has 0 bridgehead atoms. The second-order valence-electron chi connectivity index (χ2n) is 4.54. The molecule has 4 nitrogen and oxygen atoms in total. The van der Waals surface area contributed by atoms with E-state index in [9.17, 15) is 5.11 Å². The number of benzene rings is 1. The van der Waals surface area contributed by atoms with Crippen LogP contribution in [0.25, 0.3) is 0 Å². The van der Waals surface area contributed by atoms with Crippen LogP contribution in [0.4, 0.5) is 0 Å². The average Bonchev–Trinajstić information content (AvgIpc) is 2.42. The monoisotopic (exact) mass is 321 g/mol.